The van der Waals surface area contributed by atoms with Crippen LogP contribution in [0.1, 0.15) is 15.2 Å². The molecule has 0 radical (unpaired) electrons. The van der Waals surface area contributed by atoms with E-state index in [4.69, 9.17) is 10.4 Å². The highest BCUT2D eigenvalue weighted by atomic mass is 32.2. The van der Waals surface area contributed by atoms with Crippen LogP contribution in [0, 0.1) is 11.3 Å². The molecule has 20 heavy (non-hydrogen) atoms. The molecule has 0 bridgehead atoms. The van der Waals surface area contributed by atoms with Crippen LogP contribution in [0.5, 0.6) is 0 Å². The number of aromatic nitrogens is 1. The second-order valence-electron chi connectivity index (χ2n) is 3.57. The molecule has 9 heteroatoms. The summed E-state index contributed by atoms with van der Waals surface area (Å²) in [5, 5.41) is 18.9. The van der Waals surface area contributed by atoms with Crippen molar-refractivity contribution in [1.82, 2.24) is 4.98 Å². The Kier molecular flexibility index (Phi) is 3.69. The zero-order valence-electron chi connectivity index (χ0n) is 9.77. The predicted octanol–water partition coefficient (Wildman–Crippen LogP) is 1.51. The Morgan fingerprint density at radius 2 is 2.15 bits per heavy atom. The molecule has 0 aliphatic carbocycles. The summed E-state index contributed by atoms with van der Waals surface area (Å²) >= 11 is 0.819. The fourth-order valence-electron chi connectivity index (χ4n) is 1.38. The van der Waals surface area contributed by atoms with E-state index in [-0.39, 0.29) is 21.2 Å². The van der Waals surface area contributed by atoms with Gasteiger partial charge < -0.3 is 5.11 Å². The van der Waals surface area contributed by atoms with Crippen LogP contribution in [0.3, 0.4) is 0 Å². The van der Waals surface area contributed by atoms with Crippen molar-refractivity contribution in [2.24, 2.45) is 0 Å². The van der Waals surface area contributed by atoms with Crippen molar-refractivity contribution in [3.8, 4) is 6.07 Å². The summed E-state index contributed by atoms with van der Waals surface area (Å²) in [6.45, 7) is 0. The number of hydrogen-bond donors (Lipinski definition) is 2. The van der Waals surface area contributed by atoms with Crippen LogP contribution < -0.4 is 4.72 Å². The maximum Gasteiger partial charge on any atom is 0.347 e. The van der Waals surface area contributed by atoms with Gasteiger partial charge in [-0.1, -0.05) is 0 Å². The number of anilines is 1. The number of nitriles is 1. The molecule has 2 heterocycles. The van der Waals surface area contributed by atoms with Gasteiger partial charge in [0.15, 0.2) is 0 Å². The second kappa shape index (κ2) is 5.28. The van der Waals surface area contributed by atoms with Crippen LogP contribution in [0.2, 0.25) is 0 Å². The number of nitrogens with zero attached hydrogens (tertiary/aromatic N) is 2. The minimum absolute atomic E-state index is 0.00605. The first-order valence-electron chi connectivity index (χ1n) is 5.14. The highest BCUT2D eigenvalue weighted by Gasteiger charge is 2.24. The fraction of sp³-hybridized carbons (Fsp3) is 0. The van der Waals surface area contributed by atoms with Gasteiger partial charge >= 0.3 is 5.97 Å². The summed E-state index contributed by atoms with van der Waals surface area (Å²) in [6, 6.07) is 5.78. The molecule has 0 fully saturated rings. The number of hydrogen-bond acceptors (Lipinski definition) is 6. The summed E-state index contributed by atoms with van der Waals surface area (Å²) in [6.07, 6.45) is 1.21. The smallest absolute Gasteiger partial charge is 0.347 e. The van der Waals surface area contributed by atoms with E-state index in [0.717, 1.165) is 11.3 Å². The Bertz CT molecular complexity index is 788. The van der Waals surface area contributed by atoms with Crippen LogP contribution in [0.4, 0.5) is 5.82 Å². The van der Waals surface area contributed by atoms with Gasteiger partial charge in [0.2, 0.25) is 0 Å². The highest BCUT2D eigenvalue weighted by molar-refractivity contribution is 7.93. The topological polar surface area (TPSA) is 120 Å². The zero-order chi connectivity index (χ0) is 14.8. The van der Waals surface area contributed by atoms with E-state index >= 15 is 0 Å². The van der Waals surface area contributed by atoms with Crippen molar-refractivity contribution < 1.29 is 18.3 Å². The average Bonchev–Trinajstić information content (AvgIpc) is 2.89. The number of carboxylic acids is 1. The molecule has 0 atom stereocenters. The number of thiophene rings is 1. The third-order valence-electron chi connectivity index (χ3n) is 2.24. The maximum absolute atomic E-state index is 12.1. The summed E-state index contributed by atoms with van der Waals surface area (Å²) in [5.74, 6) is -1.31. The molecule has 0 aliphatic heterocycles. The monoisotopic (exact) mass is 309 g/mol. The van der Waals surface area contributed by atoms with Gasteiger partial charge in [-0.15, -0.1) is 11.3 Å². The average molecular weight is 309 g/mol. The lowest BCUT2D eigenvalue weighted by molar-refractivity contribution is 0.0698. The van der Waals surface area contributed by atoms with E-state index in [0.29, 0.717) is 0 Å². The molecule has 0 saturated carbocycles. The van der Waals surface area contributed by atoms with E-state index < -0.39 is 16.0 Å². The van der Waals surface area contributed by atoms with Crippen LogP contribution in [0.25, 0.3) is 0 Å². The number of carboxylic acid groups (broad SMARTS) is 1. The molecule has 2 aromatic heterocycles. The van der Waals surface area contributed by atoms with E-state index in [9.17, 15) is 13.2 Å². The molecule has 0 spiro atoms. The SMILES string of the molecule is N#Cc1ccc(NS(=O)(=O)c2ccsc2C(=O)O)nc1. The predicted molar refractivity (Wildman–Crippen MR) is 71.0 cm³/mol. The molecule has 7 nitrogen and oxygen atoms in total. The number of sulfonamides is 1. The standard InChI is InChI=1S/C11H7N3O4S2/c12-5-7-1-2-9(13-6-7)14-20(17,18)8-3-4-19-10(8)11(15)16/h1-4,6H,(H,13,14)(H,15,16). The molecular weight excluding hydrogens is 302 g/mol. The lowest BCUT2D eigenvalue weighted by atomic mass is 10.3. The van der Waals surface area contributed by atoms with E-state index in [2.05, 4.69) is 9.71 Å². The number of nitrogens with one attached hydrogen (secondary N) is 1. The van der Waals surface area contributed by atoms with Gasteiger partial charge in [0, 0.05) is 6.20 Å². The van der Waals surface area contributed by atoms with Gasteiger partial charge in [0.05, 0.1) is 5.56 Å². The number of rotatable bonds is 4. The van der Waals surface area contributed by atoms with Gasteiger partial charge in [-0.3, -0.25) is 4.72 Å². The molecular formula is C11H7N3O4S2. The van der Waals surface area contributed by atoms with Crippen molar-refractivity contribution in [2.75, 3.05) is 4.72 Å². The van der Waals surface area contributed by atoms with Gasteiger partial charge in [-0.25, -0.2) is 18.2 Å². The van der Waals surface area contributed by atoms with E-state index in [1.807, 2.05) is 6.07 Å². The van der Waals surface area contributed by atoms with Crippen molar-refractivity contribution in [3.63, 3.8) is 0 Å². The molecule has 2 N–H and O–H groups in total. The number of aromatic carboxylic acids is 1. The van der Waals surface area contributed by atoms with Crippen molar-refractivity contribution in [1.29, 1.82) is 5.26 Å². The molecule has 0 amide bonds. The summed E-state index contributed by atoms with van der Waals surface area (Å²) < 4.78 is 26.3. The largest absolute Gasteiger partial charge is 0.477 e. The molecule has 0 saturated heterocycles. The molecule has 2 aromatic rings. The third-order valence-corrected chi connectivity index (χ3v) is 4.67. The second-order valence-corrected chi connectivity index (χ2v) is 6.14. The minimum Gasteiger partial charge on any atom is -0.477 e. The Labute approximate surface area is 118 Å². The van der Waals surface area contributed by atoms with Crippen LogP contribution in [-0.2, 0) is 10.0 Å². The van der Waals surface area contributed by atoms with Crippen LogP contribution in [-0.4, -0.2) is 24.5 Å². The Morgan fingerprint density at radius 1 is 1.40 bits per heavy atom. The lowest BCUT2D eigenvalue weighted by Gasteiger charge is -2.06. The van der Waals surface area contributed by atoms with Gasteiger partial charge in [0.1, 0.15) is 21.7 Å². The molecule has 0 aliphatic rings. The molecule has 0 aromatic carbocycles. The summed E-state index contributed by atoms with van der Waals surface area (Å²) in [4.78, 5) is 14.1. The van der Waals surface area contributed by atoms with Gasteiger partial charge in [0.25, 0.3) is 10.0 Å². The fourth-order valence-corrected chi connectivity index (χ4v) is 3.65. The first kappa shape index (κ1) is 14.0. The maximum atomic E-state index is 12.1. The number of pyridine rings is 1. The van der Waals surface area contributed by atoms with Crippen molar-refractivity contribution >= 4 is 33.1 Å². The molecule has 0 unspecified atom stereocenters. The summed E-state index contributed by atoms with van der Waals surface area (Å²) in [5.41, 5.74) is 0.287. The first-order valence-corrected chi connectivity index (χ1v) is 7.50. The summed E-state index contributed by atoms with van der Waals surface area (Å²) in [7, 11) is -4.03. The Balaban J connectivity index is 2.33. The first-order chi connectivity index (χ1) is 9.44. The van der Waals surface area contributed by atoms with Gasteiger partial charge in [-0.05, 0) is 23.6 Å². The van der Waals surface area contributed by atoms with Gasteiger partial charge in [-0.2, -0.15) is 5.26 Å². The Morgan fingerprint density at radius 3 is 2.70 bits per heavy atom. The van der Waals surface area contributed by atoms with Crippen LogP contribution in [0.15, 0.2) is 34.7 Å². The normalized spacial score (nSPS) is 10.8. The zero-order valence-corrected chi connectivity index (χ0v) is 11.4. The minimum atomic E-state index is -4.03. The third kappa shape index (κ3) is 2.76. The van der Waals surface area contributed by atoms with Crippen molar-refractivity contribution in [3.05, 3.63) is 40.2 Å². The Hall–Kier alpha value is -2.44. The molecule has 102 valence electrons. The number of carbonyl (C=O) groups is 1. The quantitative estimate of drug-likeness (QED) is 0.883. The van der Waals surface area contributed by atoms with Crippen LogP contribution >= 0.6 is 11.3 Å². The lowest BCUT2D eigenvalue weighted by Crippen LogP contribution is -2.15. The van der Waals surface area contributed by atoms with Crippen molar-refractivity contribution in [2.45, 2.75) is 4.90 Å². The molecule has 2 rings (SSSR count). The van der Waals surface area contributed by atoms with E-state index in [1.54, 1.807) is 0 Å². The van der Waals surface area contributed by atoms with E-state index in [1.165, 1.54) is 29.8 Å². The highest BCUT2D eigenvalue weighted by Crippen LogP contribution is 2.23.